The van der Waals surface area contributed by atoms with Crippen LogP contribution in [0.4, 0.5) is 0 Å². The summed E-state index contributed by atoms with van der Waals surface area (Å²) in [4.78, 5) is 11.0. The monoisotopic (exact) mass is 287 g/mol. The lowest BCUT2D eigenvalue weighted by atomic mass is 10.1. The summed E-state index contributed by atoms with van der Waals surface area (Å²) in [6.45, 7) is 0. The van der Waals surface area contributed by atoms with Crippen molar-refractivity contribution in [3.8, 4) is 5.75 Å². The maximum Gasteiger partial charge on any atom is 0.320 e. The van der Waals surface area contributed by atoms with Gasteiger partial charge in [0.25, 0.3) is 0 Å². The molecular weight excluding hydrogens is 274 g/mol. The van der Waals surface area contributed by atoms with Crippen molar-refractivity contribution in [3.63, 3.8) is 0 Å². The lowest BCUT2D eigenvalue weighted by Crippen LogP contribution is -2.41. The molecule has 1 aromatic carbocycles. The zero-order valence-corrected chi connectivity index (χ0v) is 11.4. The van der Waals surface area contributed by atoms with Gasteiger partial charge < -0.3 is 9.84 Å². The Bertz CT molecular complexity index is 455. The van der Waals surface area contributed by atoms with Crippen LogP contribution in [0.3, 0.4) is 0 Å². The molecule has 98 valence electrons. The molecule has 2 rings (SSSR count). The zero-order valence-electron chi connectivity index (χ0n) is 9.85. The number of carboxylic acid groups (broad SMARTS) is 1. The highest BCUT2D eigenvalue weighted by Gasteiger charge is 2.27. The number of nitrogens with one attached hydrogen (secondary N) is 1. The molecule has 2 N–H and O–H groups in total. The lowest BCUT2D eigenvalue weighted by Gasteiger charge is -2.28. The highest BCUT2D eigenvalue weighted by Crippen LogP contribution is 2.35. The van der Waals surface area contributed by atoms with E-state index < -0.39 is 12.0 Å². The molecule has 0 saturated carbocycles. The molecule has 1 saturated heterocycles. The third kappa shape index (κ3) is 2.91. The average Bonchev–Trinajstić information content (AvgIpc) is 2.38. The van der Waals surface area contributed by atoms with Gasteiger partial charge in [-0.25, -0.2) is 0 Å². The van der Waals surface area contributed by atoms with Crippen molar-refractivity contribution in [1.29, 1.82) is 0 Å². The Hall–Kier alpha value is -0.910. The molecule has 0 aliphatic carbocycles. The third-order valence-corrected chi connectivity index (χ3v) is 4.33. The molecule has 0 spiro atoms. The Kier molecular flexibility index (Phi) is 4.37. The van der Waals surface area contributed by atoms with Crippen LogP contribution >= 0.6 is 23.4 Å². The average molecular weight is 288 g/mol. The van der Waals surface area contributed by atoms with Crippen LogP contribution in [0.2, 0.25) is 5.02 Å². The van der Waals surface area contributed by atoms with E-state index in [2.05, 4.69) is 5.32 Å². The molecule has 1 heterocycles. The number of ether oxygens (including phenoxy) is 1. The minimum Gasteiger partial charge on any atom is -0.495 e. The number of rotatable bonds is 3. The number of hydrogen-bond acceptors (Lipinski definition) is 4. The van der Waals surface area contributed by atoms with E-state index in [0.29, 0.717) is 17.2 Å². The minimum absolute atomic E-state index is 0.0387. The number of thioether (sulfide) groups is 1. The number of methoxy groups -OCH3 is 1. The van der Waals surface area contributed by atoms with Crippen molar-refractivity contribution in [1.82, 2.24) is 5.32 Å². The first-order valence-electron chi connectivity index (χ1n) is 5.55. The van der Waals surface area contributed by atoms with Gasteiger partial charge in [0, 0.05) is 0 Å². The molecule has 1 aliphatic rings. The fraction of sp³-hybridized carbons (Fsp3) is 0.417. The van der Waals surface area contributed by atoms with E-state index in [4.69, 9.17) is 21.4 Å². The first-order chi connectivity index (χ1) is 8.61. The van der Waals surface area contributed by atoms with Gasteiger partial charge in [-0.2, -0.15) is 0 Å². The molecule has 2 unspecified atom stereocenters. The topological polar surface area (TPSA) is 58.6 Å². The Labute approximate surface area is 115 Å². The van der Waals surface area contributed by atoms with Crippen LogP contribution in [0.1, 0.15) is 17.4 Å². The minimum atomic E-state index is -0.806. The van der Waals surface area contributed by atoms with E-state index in [1.807, 2.05) is 12.1 Å². The van der Waals surface area contributed by atoms with E-state index in [0.717, 1.165) is 11.3 Å². The van der Waals surface area contributed by atoms with Crippen molar-refractivity contribution in [2.24, 2.45) is 0 Å². The molecule has 1 fully saturated rings. The van der Waals surface area contributed by atoms with Gasteiger partial charge in [0.15, 0.2) is 0 Å². The van der Waals surface area contributed by atoms with Crippen LogP contribution in [0.15, 0.2) is 18.2 Å². The maximum absolute atomic E-state index is 11.0. The number of halogens is 1. The van der Waals surface area contributed by atoms with Crippen LogP contribution in [0.25, 0.3) is 0 Å². The molecule has 0 amide bonds. The summed E-state index contributed by atoms with van der Waals surface area (Å²) in [5, 5.41) is 12.6. The first-order valence-corrected chi connectivity index (χ1v) is 6.98. The molecule has 2 atom stereocenters. The van der Waals surface area contributed by atoms with Gasteiger partial charge in [-0.15, -0.1) is 11.8 Å². The molecule has 1 aliphatic heterocycles. The van der Waals surface area contributed by atoms with Crippen LogP contribution in [0, 0.1) is 0 Å². The normalized spacial score (nSPS) is 23.7. The van der Waals surface area contributed by atoms with Gasteiger partial charge in [0.2, 0.25) is 0 Å². The van der Waals surface area contributed by atoms with E-state index in [-0.39, 0.29) is 5.37 Å². The highest BCUT2D eigenvalue weighted by atomic mass is 35.5. The molecule has 0 aromatic heterocycles. The number of carboxylic acids is 1. The fourth-order valence-corrected chi connectivity index (χ4v) is 3.32. The Morgan fingerprint density at radius 1 is 1.61 bits per heavy atom. The second-order valence-electron chi connectivity index (χ2n) is 3.99. The summed E-state index contributed by atoms with van der Waals surface area (Å²) in [7, 11) is 1.56. The SMILES string of the molecule is COc1ccc(C2NC(C(=O)O)CCS2)cc1Cl. The van der Waals surface area contributed by atoms with Gasteiger partial charge in [0.05, 0.1) is 17.5 Å². The van der Waals surface area contributed by atoms with Crippen molar-refractivity contribution in [3.05, 3.63) is 28.8 Å². The smallest absolute Gasteiger partial charge is 0.320 e. The van der Waals surface area contributed by atoms with Crippen LogP contribution < -0.4 is 10.1 Å². The Morgan fingerprint density at radius 3 is 3.00 bits per heavy atom. The van der Waals surface area contributed by atoms with E-state index in [1.54, 1.807) is 24.9 Å². The number of hydrogen-bond donors (Lipinski definition) is 2. The molecule has 0 radical (unpaired) electrons. The predicted molar refractivity (Wildman–Crippen MR) is 72.4 cm³/mol. The van der Waals surface area contributed by atoms with Crippen molar-refractivity contribution in [2.75, 3.05) is 12.9 Å². The summed E-state index contributed by atoms with van der Waals surface area (Å²) in [6.07, 6.45) is 0.639. The van der Waals surface area contributed by atoms with E-state index in [9.17, 15) is 4.79 Å². The molecule has 18 heavy (non-hydrogen) atoms. The number of aliphatic carboxylic acids is 1. The standard InChI is InChI=1S/C12H14ClNO3S/c1-17-10-3-2-7(6-8(10)13)11-14-9(12(15)16)4-5-18-11/h2-3,6,9,11,14H,4-5H2,1H3,(H,15,16). The first kappa shape index (κ1) is 13.5. The fourth-order valence-electron chi connectivity index (χ4n) is 1.85. The van der Waals surface area contributed by atoms with Gasteiger partial charge in [0.1, 0.15) is 11.8 Å². The van der Waals surface area contributed by atoms with Crippen molar-refractivity contribution in [2.45, 2.75) is 17.8 Å². The summed E-state index contributed by atoms with van der Waals surface area (Å²) in [5.74, 6) is 0.633. The van der Waals surface area contributed by atoms with Gasteiger partial charge in [-0.05, 0) is 29.9 Å². The predicted octanol–water partition coefficient (Wildman–Crippen LogP) is 2.53. The molecule has 0 bridgehead atoms. The largest absolute Gasteiger partial charge is 0.495 e. The second kappa shape index (κ2) is 5.82. The Balaban J connectivity index is 2.16. The summed E-state index contributed by atoms with van der Waals surface area (Å²) in [5.41, 5.74) is 0.969. The number of benzene rings is 1. The van der Waals surface area contributed by atoms with E-state index in [1.165, 1.54) is 0 Å². The Morgan fingerprint density at radius 2 is 2.39 bits per heavy atom. The lowest BCUT2D eigenvalue weighted by molar-refractivity contribution is -0.139. The third-order valence-electron chi connectivity index (χ3n) is 2.82. The second-order valence-corrected chi connectivity index (χ2v) is 5.61. The summed E-state index contributed by atoms with van der Waals surface area (Å²) >= 11 is 7.76. The molecule has 4 nitrogen and oxygen atoms in total. The van der Waals surface area contributed by atoms with Crippen molar-refractivity contribution < 1.29 is 14.6 Å². The van der Waals surface area contributed by atoms with Gasteiger partial charge >= 0.3 is 5.97 Å². The zero-order chi connectivity index (χ0) is 13.1. The molecular formula is C12H14ClNO3S. The maximum atomic E-state index is 11.0. The van der Waals surface area contributed by atoms with Crippen LogP contribution in [-0.2, 0) is 4.79 Å². The summed E-state index contributed by atoms with van der Waals surface area (Å²) in [6, 6.07) is 5.02. The number of carbonyl (C=O) groups is 1. The molecule has 6 heteroatoms. The molecule has 1 aromatic rings. The van der Waals surface area contributed by atoms with Crippen LogP contribution in [-0.4, -0.2) is 30.0 Å². The highest BCUT2D eigenvalue weighted by molar-refractivity contribution is 7.99. The van der Waals surface area contributed by atoms with Crippen LogP contribution in [0.5, 0.6) is 5.75 Å². The van der Waals surface area contributed by atoms with Gasteiger partial charge in [-0.3, -0.25) is 10.1 Å². The summed E-state index contributed by atoms with van der Waals surface area (Å²) < 4.78 is 5.09. The van der Waals surface area contributed by atoms with E-state index >= 15 is 0 Å². The van der Waals surface area contributed by atoms with Crippen molar-refractivity contribution >= 4 is 29.3 Å². The quantitative estimate of drug-likeness (QED) is 0.895. The van der Waals surface area contributed by atoms with Gasteiger partial charge in [-0.1, -0.05) is 17.7 Å².